The molecule has 2 aliphatic heterocycles. The molecular weight excluding hydrogens is 571 g/mol. The van der Waals surface area contributed by atoms with Gasteiger partial charge in [0.05, 0.1) is 35.9 Å². The van der Waals surface area contributed by atoms with Crippen LogP contribution in [0, 0.1) is 11.3 Å². The van der Waals surface area contributed by atoms with E-state index >= 15 is 0 Å². The molecule has 1 N–H and O–H groups in total. The third-order valence-corrected chi connectivity index (χ3v) is 13.5. The largest absolute Gasteiger partial charge is 0.416 e. The molecule has 1 aromatic carbocycles. The topological polar surface area (TPSA) is 121 Å². The maximum atomic E-state index is 11.6. The molecule has 0 saturated carbocycles. The number of aromatic nitrogens is 4. The van der Waals surface area contributed by atoms with Gasteiger partial charge in [-0.2, -0.15) is 10.4 Å². The smallest absolute Gasteiger partial charge is 0.329 e. The van der Waals surface area contributed by atoms with Gasteiger partial charge in [-0.1, -0.05) is 27.7 Å². The van der Waals surface area contributed by atoms with Gasteiger partial charge in [0, 0.05) is 68.9 Å². The predicted molar refractivity (Wildman–Crippen MR) is 175 cm³/mol. The minimum Gasteiger partial charge on any atom is -0.416 e. The number of nitriles is 1. The number of rotatable bonds is 10. The normalized spacial score (nSPS) is 19.0. The van der Waals surface area contributed by atoms with Crippen molar-refractivity contribution in [2.75, 3.05) is 49.6 Å². The number of carbonyl (C=O) groups excluding carboxylic acids is 1. The maximum Gasteiger partial charge on any atom is 0.329 e. The van der Waals surface area contributed by atoms with Crippen LogP contribution in [-0.4, -0.2) is 86.0 Å². The van der Waals surface area contributed by atoms with E-state index in [4.69, 9.17) is 14.1 Å². The van der Waals surface area contributed by atoms with E-state index in [2.05, 4.69) is 73.2 Å². The van der Waals surface area contributed by atoms with Crippen LogP contribution in [0.4, 0.5) is 17.3 Å². The van der Waals surface area contributed by atoms with Gasteiger partial charge in [-0.25, -0.2) is 9.97 Å². The molecule has 1 saturated heterocycles. The first kappa shape index (κ1) is 31.8. The Morgan fingerprint density at radius 3 is 2.70 bits per heavy atom. The van der Waals surface area contributed by atoms with Crippen LogP contribution >= 0.6 is 0 Å². The molecule has 4 heterocycles. The molecular formula is C31H42BN8O3Si. The molecule has 1 radical (unpaired) electrons. The molecule has 0 unspecified atom stereocenters. The fourth-order valence-corrected chi connectivity index (χ4v) is 6.60. The van der Waals surface area contributed by atoms with Crippen molar-refractivity contribution in [1.82, 2.24) is 24.6 Å². The van der Waals surface area contributed by atoms with Crippen LogP contribution in [0.15, 0.2) is 30.6 Å². The Balaban J connectivity index is 1.47. The Bertz CT molecular complexity index is 1560. The van der Waals surface area contributed by atoms with E-state index in [0.717, 1.165) is 60.7 Å². The third kappa shape index (κ3) is 6.58. The zero-order valence-electron chi connectivity index (χ0n) is 26.8. The molecule has 0 bridgehead atoms. The lowest BCUT2D eigenvalue weighted by Crippen LogP contribution is -2.46. The molecule has 231 valence electrons. The van der Waals surface area contributed by atoms with Crippen LogP contribution in [0.1, 0.15) is 44.5 Å². The monoisotopic (exact) mass is 613 g/mol. The molecule has 0 spiro atoms. The summed E-state index contributed by atoms with van der Waals surface area (Å²) in [4.78, 5) is 25.1. The first-order valence-electron chi connectivity index (χ1n) is 15.0. The summed E-state index contributed by atoms with van der Waals surface area (Å²) in [6.07, 6.45) is 4.42. The van der Waals surface area contributed by atoms with Crippen LogP contribution in [0.25, 0.3) is 11.3 Å². The van der Waals surface area contributed by atoms with Crippen molar-refractivity contribution >= 4 is 39.2 Å². The molecule has 1 fully saturated rings. The number of aryl methyl sites for hydroxylation is 1. The van der Waals surface area contributed by atoms with Crippen molar-refractivity contribution in [3.8, 4) is 17.3 Å². The van der Waals surface area contributed by atoms with Gasteiger partial charge in [0.1, 0.15) is 12.3 Å². The number of morpholine rings is 1. The van der Waals surface area contributed by atoms with E-state index in [9.17, 15) is 10.1 Å². The number of carbonyl (C=O) groups is 1. The van der Waals surface area contributed by atoms with Gasteiger partial charge in [0.15, 0.2) is 8.32 Å². The summed E-state index contributed by atoms with van der Waals surface area (Å²) in [6, 6.07) is 8.14. The van der Waals surface area contributed by atoms with Crippen LogP contribution in [0.5, 0.6) is 0 Å². The highest BCUT2D eigenvalue weighted by Gasteiger charge is 2.44. The Morgan fingerprint density at radius 1 is 1.27 bits per heavy atom. The van der Waals surface area contributed by atoms with Crippen molar-refractivity contribution in [2.24, 2.45) is 7.05 Å². The van der Waals surface area contributed by atoms with Crippen molar-refractivity contribution in [3.63, 3.8) is 0 Å². The zero-order valence-corrected chi connectivity index (χ0v) is 27.8. The minimum absolute atomic E-state index is 0.0553. The Labute approximate surface area is 262 Å². The van der Waals surface area contributed by atoms with Gasteiger partial charge in [-0.15, -0.1) is 0 Å². The van der Waals surface area contributed by atoms with Gasteiger partial charge in [-0.3, -0.25) is 9.58 Å². The number of hydrogen-bond donors (Lipinski definition) is 1. The fraction of sp³-hybridized carbons (Fsp3) is 0.516. The molecule has 1 atom stereocenters. The lowest BCUT2D eigenvalue weighted by molar-refractivity contribution is 0.0336. The van der Waals surface area contributed by atoms with Gasteiger partial charge in [0.25, 0.3) is 0 Å². The standard InChI is InChI=1S/C31H42BN8O3Si/c1-30(2,3)44(6,7)43-20-31(4)19-40(32-21-41)28-23(16-33)14-22(15-24(28)31)25-8-9-34-29(35-25)36-26-17-38(5)37-27(26)18-39-10-12-42-13-11-39/h8-9,14-15,17,21H,10-13,18-20H2,1-7H3,(H,34,35,36)/t31-/m1/s1. The Kier molecular flexibility index (Phi) is 9.00. The highest BCUT2D eigenvalue weighted by Crippen LogP contribution is 2.46. The van der Waals surface area contributed by atoms with E-state index in [1.54, 1.807) is 10.9 Å². The minimum atomic E-state index is -2.05. The van der Waals surface area contributed by atoms with Crippen LogP contribution in [0.3, 0.4) is 0 Å². The van der Waals surface area contributed by atoms with Crippen LogP contribution < -0.4 is 10.1 Å². The second kappa shape index (κ2) is 12.4. The van der Waals surface area contributed by atoms with E-state index in [1.165, 1.54) is 7.41 Å². The molecule has 0 amide bonds. The predicted octanol–water partition coefficient (Wildman–Crippen LogP) is 4.23. The first-order valence-corrected chi connectivity index (χ1v) is 18.0. The molecule has 3 aromatic rings. The van der Waals surface area contributed by atoms with Crippen molar-refractivity contribution < 1.29 is 14.0 Å². The van der Waals surface area contributed by atoms with E-state index in [-0.39, 0.29) is 5.04 Å². The molecule has 2 aromatic heterocycles. The Morgan fingerprint density at radius 2 is 2.02 bits per heavy atom. The summed E-state index contributed by atoms with van der Waals surface area (Å²) in [5, 5.41) is 18.3. The summed E-state index contributed by atoms with van der Waals surface area (Å²) in [7, 11) is 1.35. The van der Waals surface area contributed by atoms with Crippen molar-refractivity contribution in [3.05, 3.63) is 47.4 Å². The van der Waals surface area contributed by atoms with Crippen molar-refractivity contribution in [2.45, 2.75) is 57.8 Å². The molecule has 13 heteroatoms. The average Bonchev–Trinajstić information content (AvgIpc) is 3.47. The zero-order chi connectivity index (χ0) is 31.7. The van der Waals surface area contributed by atoms with Crippen LogP contribution in [-0.2, 0) is 33.0 Å². The number of anilines is 3. The number of nitrogens with one attached hydrogen (secondary N) is 1. The number of nitrogens with zero attached hydrogens (tertiary/aromatic N) is 7. The Hall–Kier alpha value is -3.57. The second-order valence-electron chi connectivity index (χ2n) is 13.5. The summed E-state index contributed by atoms with van der Waals surface area (Å²) in [6.45, 7) is 18.2. The van der Waals surface area contributed by atoms with E-state index in [0.29, 0.717) is 36.9 Å². The summed E-state index contributed by atoms with van der Waals surface area (Å²) in [5.74, 6) is 0.442. The summed E-state index contributed by atoms with van der Waals surface area (Å²) in [5.41, 5.74) is 5.01. The molecule has 5 rings (SSSR count). The van der Waals surface area contributed by atoms with E-state index in [1.807, 2.05) is 30.2 Å². The lowest BCUT2D eigenvalue weighted by Gasteiger charge is -2.39. The highest BCUT2D eigenvalue weighted by atomic mass is 28.4. The summed E-state index contributed by atoms with van der Waals surface area (Å²) < 4.78 is 14.0. The lowest BCUT2D eigenvalue weighted by atomic mass is 9.83. The number of hydrogen-bond acceptors (Lipinski definition) is 10. The second-order valence-corrected chi connectivity index (χ2v) is 18.3. The van der Waals surface area contributed by atoms with Crippen molar-refractivity contribution in [1.29, 1.82) is 5.26 Å². The number of benzene rings is 1. The van der Waals surface area contributed by atoms with Gasteiger partial charge < -0.3 is 24.1 Å². The number of ether oxygens (including phenoxy) is 1. The average molecular weight is 614 g/mol. The quantitative estimate of drug-likeness (QED) is 0.263. The highest BCUT2D eigenvalue weighted by molar-refractivity contribution is 6.74. The van der Waals surface area contributed by atoms with Gasteiger partial charge in [-0.05, 0) is 41.9 Å². The van der Waals surface area contributed by atoms with Crippen LogP contribution in [0.2, 0.25) is 18.1 Å². The molecule has 44 heavy (non-hydrogen) atoms. The third-order valence-electron chi connectivity index (χ3n) is 9.07. The molecule has 2 aliphatic rings. The van der Waals surface area contributed by atoms with E-state index < -0.39 is 13.7 Å². The van der Waals surface area contributed by atoms with Gasteiger partial charge >= 0.3 is 7.41 Å². The molecule has 0 aliphatic carbocycles. The van der Waals surface area contributed by atoms with Gasteiger partial charge in [0.2, 0.25) is 5.95 Å². The summed E-state index contributed by atoms with van der Waals surface area (Å²) >= 11 is 0. The molecule has 11 nitrogen and oxygen atoms in total. The maximum absolute atomic E-state index is 11.6. The SMILES string of the molecule is Cn1cc(Nc2nccc(-c3cc(C#N)c4c(c3)[C@@](C)(CO[Si](C)(C)C(C)(C)C)CN4[B]C=O)n2)c(CN2CCOCC2)n1. The first-order chi connectivity index (χ1) is 20.8. The fourth-order valence-electron chi connectivity index (χ4n) is 5.48. The number of fused-ring (bicyclic) bond motifs is 1.